The van der Waals surface area contributed by atoms with Crippen LogP contribution < -0.4 is 15.8 Å². The minimum absolute atomic E-state index is 0.0615. The SMILES string of the molecule is CCc1nc2c([nH]c1=O)C[C@@H](CN1CCN(c3ccc(C(=O)NC)nc3F)CC1)CC2. The summed E-state index contributed by atoms with van der Waals surface area (Å²) >= 11 is 0. The number of carbonyl (C=O) groups is 1. The van der Waals surface area contributed by atoms with Crippen molar-refractivity contribution in [1.82, 2.24) is 25.2 Å². The van der Waals surface area contributed by atoms with E-state index in [-0.39, 0.29) is 11.3 Å². The molecule has 31 heavy (non-hydrogen) atoms. The third-order valence-corrected chi connectivity index (χ3v) is 6.28. The molecule has 0 radical (unpaired) electrons. The molecule has 1 aliphatic carbocycles. The molecule has 166 valence electrons. The third-order valence-electron chi connectivity index (χ3n) is 6.28. The van der Waals surface area contributed by atoms with Crippen LogP contribution in [0.15, 0.2) is 16.9 Å². The van der Waals surface area contributed by atoms with Crippen LogP contribution in [0.25, 0.3) is 0 Å². The predicted octanol–water partition coefficient (Wildman–Crippen LogP) is 1.15. The van der Waals surface area contributed by atoms with Gasteiger partial charge in [-0.2, -0.15) is 4.39 Å². The Kier molecular flexibility index (Phi) is 6.31. The molecule has 1 saturated heterocycles. The van der Waals surface area contributed by atoms with E-state index in [1.54, 1.807) is 12.1 Å². The van der Waals surface area contributed by atoms with Gasteiger partial charge in [0.2, 0.25) is 5.95 Å². The Morgan fingerprint density at radius 2 is 2.03 bits per heavy atom. The molecule has 8 nitrogen and oxygen atoms in total. The first-order chi connectivity index (χ1) is 15.0. The minimum Gasteiger partial charge on any atom is -0.365 e. The number of hydrogen-bond donors (Lipinski definition) is 2. The van der Waals surface area contributed by atoms with E-state index in [1.165, 1.54) is 7.05 Å². The van der Waals surface area contributed by atoms with Crippen molar-refractivity contribution in [1.29, 1.82) is 0 Å². The molecule has 9 heteroatoms. The van der Waals surface area contributed by atoms with E-state index in [1.807, 2.05) is 11.8 Å². The van der Waals surface area contributed by atoms with Gasteiger partial charge in [0.15, 0.2) is 0 Å². The van der Waals surface area contributed by atoms with E-state index in [2.05, 4.69) is 25.2 Å². The van der Waals surface area contributed by atoms with Crippen molar-refractivity contribution in [2.75, 3.05) is 44.7 Å². The van der Waals surface area contributed by atoms with E-state index in [4.69, 9.17) is 0 Å². The first-order valence-electron chi connectivity index (χ1n) is 10.9. The topological polar surface area (TPSA) is 94.2 Å². The molecule has 2 aromatic heterocycles. The summed E-state index contributed by atoms with van der Waals surface area (Å²) in [6, 6.07) is 3.19. The number of hydrogen-bond acceptors (Lipinski definition) is 6. The zero-order valence-electron chi connectivity index (χ0n) is 18.1. The molecule has 0 aromatic carbocycles. The predicted molar refractivity (Wildman–Crippen MR) is 116 cm³/mol. The summed E-state index contributed by atoms with van der Waals surface area (Å²) in [5.74, 6) is -0.526. The van der Waals surface area contributed by atoms with Crippen LogP contribution in [0.1, 0.15) is 40.9 Å². The highest BCUT2D eigenvalue weighted by Crippen LogP contribution is 2.25. The van der Waals surface area contributed by atoms with Gasteiger partial charge in [0.05, 0.1) is 11.4 Å². The fourth-order valence-electron chi connectivity index (χ4n) is 4.52. The number of aromatic amines is 1. The molecular weight excluding hydrogens is 399 g/mol. The van der Waals surface area contributed by atoms with Gasteiger partial charge in [0.1, 0.15) is 11.4 Å². The number of H-pyrrole nitrogens is 1. The van der Waals surface area contributed by atoms with Crippen molar-refractivity contribution in [2.45, 2.75) is 32.6 Å². The van der Waals surface area contributed by atoms with Crippen LogP contribution in [0.3, 0.4) is 0 Å². The van der Waals surface area contributed by atoms with Gasteiger partial charge in [-0.05, 0) is 43.7 Å². The maximum Gasteiger partial charge on any atom is 0.269 e. The quantitative estimate of drug-likeness (QED) is 0.694. The average Bonchev–Trinajstić information content (AvgIpc) is 2.78. The Balaban J connectivity index is 1.33. The zero-order chi connectivity index (χ0) is 22.0. The molecule has 3 heterocycles. The normalized spacial score (nSPS) is 19.2. The molecule has 1 amide bonds. The summed E-state index contributed by atoms with van der Waals surface area (Å²) in [5, 5.41) is 2.46. The monoisotopic (exact) mass is 428 g/mol. The second-order valence-electron chi connectivity index (χ2n) is 8.27. The second-order valence-corrected chi connectivity index (χ2v) is 8.27. The maximum absolute atomic E-state index is 14.4. The lowest BCUT2D eigenvalue weighted by molar-refractivity contribution is 0.0957. The average molecular weight is 429 g/mol. The molecular formula is C22H29FN6O2. The molecule has 2 N–H and O–H groups in total. The highest BCUT2D eigenvalue weighted by atomic mass is 19.1. The minimum atomic E-state index is -0.610. The van der Waals surface area contributed by atoms with Crippen LogP contribution in [0.4, 0.5) is 10.1 Å². The third kappa shape index (κ3) is 4.61. The summed E-state index contributed by atoms with van der Waals surface area (Å²) in [6.07, 6.45) is 3.47. The van der Waals surface area contributed by atoms with Gasteiger partial charge < -0.3 is 15.2 Å². The van der Waals surface area contributed by atoms with Gasteiger partial charge in [-0.25, -0.2) is 4.98 Å². The number of anilines is 1. The number of halogens is 1. The van der Waals surface area contributed by atoms with Crippen molar-refractivity contribution in [3.8, 4) is 0 Å². The van der Waals surface area contributed by atoms with E-state index in [0.29, 0.717) is 36.8 Å². The number of amides is 1. The number of carbonyl (C=O) groups excluding carboxylic acids is 1. The second kappa shape index (κ2) is 9.13. The van der Waals surface area contributed by atoms with Crippen LogP contribution in [-0.2, 0) is 19.3 Å². The Bertz CT molecular complexity index is 1020. The van der Waals surface area contributed by atoms with Crippen molar-refractivity contribution in [3.05, 3.63) is 51.2 Å². The molecule has 0 saturated carbocycles. The zero-order valence-corrected chi connectivity index (χ0v) is 18.1. The molecule has 0 spiro atoms. The van der Waals surface area contributed by atoms with Gasteiger partial charge in [-0.15, -0.1) is 0 Å². The number of nitrogens with zero attached hydrogens (tertiary/aromatic N) is 4. The standard InChI is InChI=1S/C22H29FN6O2/c1-3-15-22(31)27-18-12-14(4-5-16(18)25-15)13-28-8-10-29(11-9-28)19-7-6-17(21(30)24-2)26-20(19)23/h6-7,14H,3-5,8-13H2,1-2H3,(H,24,30)(H,27,31)/t14-/m0/s1. The highest BCUT2D eigenvalue weighted by Gasteiger charge is 2.26. The van der Waals surface area contributed by atoms with Crippen molar-refractivity contribution >= 4 is 11.6 Å². The smallest absolute Gasteiger partial charge is 0.269 e. The molecule has 0 unspecified atom stereocenters. The van der Waals surface area contributed by atoms with Gasteiger partial charge in [0, 0.05) is 45.5 Å². The fourth-order valence-corrected chi connectivity index (χ4v) is 4.52. The highest BCUT2D eigenvalue weighted by molar-refractivity contribution is 5.92. The summed E-state index contributed by atoms with van der Waals surface area (Å²) in [7, 11) is 1.50. The lowest BCUT2D eigenvalue weighted by Gasteiger charge is -2.38. The molecule has 1 aliphatic heterocycles. The first kappa shape index (κ1) is 21.4. The van der Waals surface area contributed by atoms with Crippen LogP contribution in [0.5, 0.6) is 0 Å². The summed E-state index contributed by atoms with van der Waals surface area (Å²) in [6.45, 7) is 6.00. The van der Waals surface area contributed by atoms with E-state index < -0.39 is 11.9 Å². The van der Waals surface area contributed by atoms with Gasteiger partial charge in [0.25, 0.3) is 11.5 Å². The number of fused-ring (bicyclic) bond motifs is 1. The first-order valence-corrected chi connectivity index (χ1v) is 10.9. The van der Waals surface area contributed by atoms with Crippen LogP contribution in [0, 0.1) is 11.9 Å². The molecule has 1 fully saturated rings. The van der Waals surface area contributed by atoms with E-state index in [0.717, 1.165) is 50.3 Å². The molecule has 2 aliphatic rings. The number of rotatable bonds is 5. The van der Waals surface area contributed by atoms with Gasteiger partial charge >= 0.3 is 0 Å². The number of pyridine rings is 1. The lowest BCUT2D eigenvalue weighted by atomic mass is 9.88. The Hall–Kier alpha value is -2.81. The summed E-state index contributed by atoms with van der Waals surface area (Å²) < 4.78 is 14.4. The van der Waals surface area contributed by atoms with Gasteiger partial charge in [-0.1, -0.05) is 6.92 Å². The number of nitrogens with one attached hydrogen (secondary N) is 2. The van der Waals surface area contributed by atoms with Crippen LogP contribution in [-0.4, -0.2) is 65.5 Å². The lowest BCUT2D eigenvalue weighted by Crippen LogP contribution is -2.48. The number of piperazine rings is 1. The molecule has 4 rings (SSSR count). The van der Waals surface area contributed by atoms with E-state index in [9.17, 15) is 14.0 Å². The Morgan fingerprint density at radius 1 is 1.26 bits per heavy atom. The summed E-state index contributed by atoms with van der Waals surface area (Å²) in [5.41, 5.74) is 3.11. The molecule has 2 aromatic rings. The van der Waals surface area contributed by atoms with Crippen molar-refractivity contribution in [3.63, 3.8) is 0 Å². The van der Waals surface area contributed by atoms with Crippen molar-refractivity contribution < 1.29 is 9.18 Å². The Labute approximate surface area is 180 Å². The molecule has 1 atom stereocenters. The maximum atomic E-state index is 14.4. The van der Waals surface area contributed by atoms with Crippen LogP contribution >= 0.6 is 0 Å². The van der Waals surface area contributed by atoms with Crippen molar-refractivity contribution in [2.24, 2.45) is 5.92 Å². The van der Waals surface area contributed by atoms with Crippen LogP contribution in [0.2, 0.25) is 0 Å². The Morgan fingerprint density at radius 3 is 2.71 bits per heavy atom. The number of aryl methyl sites for hydroxylation is 2. The largest absolute Gasteiger partial charge is 0.365 e. The molecule has 0 bridgehead atoms. The summed E-state index contributed by atoms with van der Waals surface area (Å²) in [4.78, 5) is 39.5. The van der Waals surface area contributed by atoms with Gasteiger partial charge in [-0.3, -0.25) is 19.5 Å². The number of aromatic nitrogens is 3. The van der Waals surface area contributed by atoms with E-state index >= 15 is 0 Å². The fraction of sp³-hybridized carbons (Fsp3) is 0.545.